The number of hydrogen-bond donors (Lipinski definition) is 4. The average molecular weight is 679 g/mol. The molecule has 3 aliphatic rings. The zero-order valence-electron chi connectivity index (χ0n) is 29.1. The van der Waals surface area contributed by atoms with Crippen LogP contribution in [-0.2, 0) is 19.4 Å². The molecule has 2 bridgehead atoms. The first-order valence-electron chi connectivity index (χ1n) is 16.8. The molecule has 0 radical (unpaired) electrons. The summed E-state index contributed by atoms with van der Waals surface area (Å²) in [5.41, 5.74) is 4.89. The number of carbonyl (C=O) groups excluding carboxylic acids is 1. The van der Waals surface area contributed by atoms with E-state index < -0.39 is 30.8 Å². The second-order valence-corrected chi connectivity index (χ2v) is 13.4. The molecule has 11 heteroatoms. The number of nitrogens with zero attached hydrogens (tertiary/aromatic N) is 3. The number of likely N-dealkylation sites (N-methyl/N-ethyl adjacent to an activating group) is 1. The van der Waals surface area contributed by atoms with Gasteiger partial charge in [-0.2, -0.15) is 5.26 Å². The van der Waals surface area contributed by atoms with E-state index in [1.54, 1.807) is 27.2 Å². The molecule has 1 saturated heterocycles. The minimum absolute atomic E-state index is 0.0275. The Morgan fingerprint density at radius 3 is 2.22 bits per heavy atom. The van der Waals surface area contributed by atoms with Gasteiger partial charge in [0.15, 0.2) is 11.5 Å². The summed E-state index contributed by atoms with van der Waals surface area (Å²) < 4.78 is 17.6. The number of nitrogens with one attached hydrogen (secondary N) is 1. The van der Waals surface area contributed by atoms with Crippen molar-refractivity contribution in [2.24, 2.45) is 0 Å². The SMILES string of the molecule is COc1c(C)c(OC)c2c(c1O)[C@H]1[C@@H]3Cc4c(OC)c(C)c(CO)c(O)c4[C@H](CNC(=O)c4cccc5ccccc45)N3[C@@H](C#N)[C@H](C2)N1C. The van der Waals surface area contributed by atoms with Gasteiger partial charge >= 0.3 is 0 Å². The molecule has 0 aliphatic carbocycles. The molecule has 4 aromatic rings. The van der Waals surface area contributed by atoms with Crippen LogP contribution in [0.25, 0.3) is 10.8 Å². The van der Waals surface area contributed by atoms with E-state index in [1.165, 1.54) is 7.11 Å². The molecule has 3 heterocycles. The number of piperazine rings is 1. The van der Waals surface area contributed by atoms with Crippen molar-refractivity contribution in [1.29, 1.82) is 5.26 Å². The van der Waals surface area contributed by atoms with Crippen LogP contribution in [0.1, 0.15) is 61.4 Å². The lowest BCUT2D eigenvalue weighted by molar-refractivity contribution is -0.0724. The summed E-state index contributed by atoms with van der Waals surface area (Å²) in [6.45, 7) is 3.28. The van der Waals surface area contributed by atoms with Crippen LogP contribution in [0, 0.1) is 25.2 Å². The monoisotopic (exact) mass is 678 g/mol. The molecular formula is C39H42N4O7. The number of phenolic OH excluding ortho intramolecular Hbond substituents is 1. The Labute approximate surface area is 291 Å². The minimum atomic E-state index is -0.691. The van der Waals surface area contributed by atoms with Gasteiger partial charge in [0.05, 0.1) is 46.1 Å². The second kappa shape index (κ2) is 12.7. The van der Waals surface area contributed by atoms with Gasteiger partial charge in [-0.25, -0.2) is 0 Å². The third kappa shape index (κ3) is 4.70. The Kier molecular flexibility index (Phi) is 8.50. The van der Waals surface area contributed by atoms with Crippen molar-refractivity contribution in [2.75, 3.05) is 34.9 Å². The van der Waals surface area contributed by atoms with Gasteiger partial charge in [0.1, 0.15) is 23.3 Å². The van der Waals surface area contributed by atoms with Crippen molar-refractivity contribution in [2.45, 2.75) is 63.5 Å². The highest BCUT2D eigenvalue weighted by atomic mass is 16.5. The first kappa shape index (κ1) is 33.5. The number of benzene rings is 4. The number of aliphatic hydroxyl groups is 1. The number of carbonyl (C=O) groups is 1. The van der Waals surface area contributed by atoms with Crippen molar-refractivity contribution < 1.29 is 34.3 Å². The first-order chi connectivity index (χ1) is 24.1. The van der Waals surface area contributed by atoms with Crippen LogP contribution in [0.5, 0.6) is 28.7 Å². The summed E-state index contributed by atoms with van der Waals surface area (Å²) in [6, 6.07) is 13.3. The fourth-order valence-electron chi connectivity index (χ4n) is 9.14. The number of aliphatic hydroxyl groups excluding tert-OH is 1. The predicted octanol–water partition coefficient (Wildman–Crippen LogP) is 4.59. The Balaban J connectivity index is 1.43. The predicted molar refractivity (Wildman–Crippen MR) is 187 cm³/mol. The lowest BCUT2D eigenvalue weighted by atomic mass is 9.71. The summed E-state index contributed by atoms with van der Waals surface area (Å²) in [6.07, 6.45) is 0.766. The van der Waals surface area contributed by atoms with Crippen molar-refractivity contribution in [3.63, 3.8) is 0 Å². The third-order valence-electron chi connectivity index (χ3n) is 11.3. The highest BCUT2D eigenvalue weighted by Gasteiger charge is 2.57. The van der Waals surface area contributed by atoms with Crippen LogP contribution in [0.15, 0.2) is 42.5 Å². The van der Waals surface area contributed by atoms with Crippen molar-refractivity contribution in [1.82, 2.24) is 15.1 Å². The van der Waals surface area contributed by atoms with Crippen LogP contribution in [0.4, 0.5) is 0 Å². The number of phenols is 2. The standard InChI is InChI=1S/C39H42N4O7/c1-19-26(18-44)34(45)31-24(36(19)48-4)15-28-33-32-25(37(49-5)20(2)38(50-6)35(32)46)14-27(42(33)3)29(16-40)43(28)30(31)17-41-39(47)23-13-9-11-21-10-7-8-12-22(21)23/h7-13,27-30,33,44-46H,14-15,17-18H2,1-6H3,(H,41,47)/t27-,28-,29-,30-,33+/m0/s1. The molecule has 4 aromatic carbocycles. The van der Waals surface area contributed by atoms with E-state index >= 15 is 0 Å². The van der Waals surface area contributed by atoms with Crippen LogP contribution in [-0.4, -0.2) is 84.1 Å². The molecule has 0 saturated carbocycles. The van der Waals surface area contributed by atoms with E-state index in [0.29, 0.717) is 63.5 Å². The Morgan fingerprint density at radius 1 is 0.900 bits per heavy atom. The normalized spacial score (nSPS) is 22.6. The highest BCUT2D eigenvalue weighted by Crippen LogP contribution is 2.58. The van der Waals surface area contributed by atoms with Gasteiger partial charge in [-0.3, -0.25) is 14.6 Å². The molecular weight excluding hydrogens is 636 g/mol. The van der Waals surface area contributed by atoms with Crippen LogP contribution in [0.3, 0.4) is 0 Å². The molecule has 7 rings (SSSR count). The molecule has 3 aliphatic heterocycles. The molecule has 1 fully saturated rings. The third-order valence-corrected chi connectivity index (χ3v) is 11.3. The average Bonchev–Trinajstić information content (AvgIpc) is 3.11. The summed E-state index contributed by atoms with van der Waals surface area (Å²) in [7, 11) is 6.65. The smallest absolute Gasteiger partial charge is 0.251 e. The molecule has 50 heavy (non-hydrogen) atoms. The zero-order chi connectivity index (χ0) is 35.6. The largest absolute Gasteiger partial charge is 0.507 e. The Hall–Kier alpha value is -5.02. The van der Waals surface area contributed by atoms with Gasteiger partial charge in [-0.1, -0.05) is 36.4 Å². The number of ether oxygens (including phenoxy) is 3. The number of nitriles is 1. The van der Waals surface area contributed by atoms with E-state index in [2.05, 4.69) is 21.2 Å². The molecule has 0 unspecified atom stereocenters. The zero-order valence-corrected chi connectivity index (χ0v) is 29.1. The summed E-state index contributed by atoms with van der Waals surface area (Å²) in [5.74, 6) is 1.14. The van der Waals surface area contributed by atoms with Crippen LogP contribution in [0.2, 0.25) is 0 Å². The molecule has 0 aromatic heterocycles. The topological polar surface area (TPSA) is 148 Å². The summed E-state index contributed by atoms with van der Waals surface area (Å²) in [4.78, 5) is 18.2. The maximum Gasteiger partial charge on any atom is 0.251 e. The number of aromatic hydroxyl groups is 2. The molecule has 0 spiro atoms. The fourth-order valence-corrected chi connectivity index (χ4v) is 9.14. The van der Waals surface area contributed by atoms with Gasteiger partial charge in [0.25, 0.3) is 5.91 Å². The number of rotatable bonds is 7. The molecule has 5 atom stereocenters. The van der Waals surface area contributed by atoms with Gasteiger partial charge in [0, 0.05) is 63.1 Å². The van der Waals surface area contributed by atoms with Gasteiger partial charge in [-0.15, -0.1) is 0 Å². The van der Waals surface area contributed by atoms with Crippen LogP contribution >= 0.6 is 0 Å². The quantitative estimate of drug-likeness (QED) is 0.219. The molecule has 11 nitrogen and oxygen atoms in total. The van der Waals surface area contributed by atoms with E-state index in [9.17, 15) is 25.4 Å². The summed E-state index contributed by atoms with van der Waals surface area (Å²) in [5, 5.41) is 50.0. The van der Waals surface area contributed by atoms with E-state index in [4.69, 9.17) is 14.2 Å². The molecule has 260 valence electrons. The van der Waals surface area contributed by atoms with Gasteiger partial charge in [-0.05, 0) is 50.6 Å². The Bertz CT molecular complexity index is 2070. The van der Waals surface area contributed by atoms with Gasteiger partial charge in [0.2, 0.25) is 0 Å². The number of hydrogen-bond acceptors (Lipinski definition) is 10. The lowest BCUT2D eigenvalue weighted by Gasteiger charge is -2.60. The van der Waals surface area contributed by atoms with Gasteiger partial charge < -0.3 is 34.8 Å². The molecule has 4 N–H and O–H groups in total. The molecule has 1 amide bonds. The number of amides is 1. The number of fused-ring (bicyclic) bond motifs is 8. The van der Waals surface area contributed by atoms with Crippen molar-refractivity contribution in [3.05, 3.63) is 87.0 Å². The first-order valence-corrected chi connectivity index (χ1v) is 16.8. The Morgan fingerprint density at radius 2 is 1.54 bits per heavy atom. The van der Waals surface area contributed by atoms with Crippen molar-refractivity contribution >= 4 is 16.7 Å². The van der Waals surface area contributed by atoms with E-state index in [-0.39, 0.29) is 30.0 Å². The van der Waals surface area contributed by atoms with Crippen LogP contribution < -0.4 is 19.5 Å². The maximum absolute atomic E-state index is 13.9. The minimum Gasteiger partial charge on any atom is -0.507 e. The van der Waals surface area contributed by atoms with E-state index in [1.807, 2.05) is 50.4 Å². The number of methoxy groups -OCH3 is 3. The second-order valence-electron chi connectivity index (χ2n) is 13.4. The van der Waals surface area contributed by atoms with Crippen molar-refractivity contribution in [3.8, 4) is 34.8 Å². The highest BCUT2D eigenvalue weighted by molar-refractivity contribution is 6.07. The summed E-state index contributed by atoms with van der Waals surface area (Å²) >= 11 is 0. The van der Waals surface area contributed by atoms with E-state index in [0.717, 1.165) is 21.9 Å². The fraction of sp³-hybridized carbons (Fsp3) is 0.385. The lowest BCUT2D eigenvalue weighted by Crippen LogP contribution is -2.68. The maximum atomic E-state index is 13.9.